The molecule has 4 nitrogen and oxygen atoms in total. The zero-order valence-corrected chi connectivity index (χ0v) is 19.2. The molecule has 4 rings (SSSR count). The Bertz CT molecular complexity index is 1180. The molecule has 0 radical (unpaired) electrons. The Morgan fingerprint density at radius 2 is 1.74 bits per heavy atom. The number of alkyl halides is 3. The van der Waals surface area contributed by atoms with E-state index in [1.807, 2.05) is 37.3 Å². The van der Waals surface area contributed by atoms with Crippen molar-refractivity contribution in [2.24, 2.45) is 0 Å². The Kier molecular flexibility index (Phi) is 7.07. The summed E-state index contributed by atoms with van der Waals surface area (Å²) in [6, 6.07) is 16.2. The minimum absolute atomic E-state index is 0.00423. The largest absolute Gasteiger partial charge is 0.488 e. The number of fused-ring (bicyclic) bond motifs is 1. The van der Waals surface area contributed by atoms with Gasteiger partial charge in [0.25, 0.3) is 0 Å². The number of hydrogen-bond acceptors (Lipinski definition) is 4. The number of rotatable bonds is 8. The van der Waals surface area contributed by atoms with Gasteiger partial charge in [-0.3, -0.25) is 4.79 Å². The molecule has 1 aliphatic heterocycles. The molecule has 3 aromatic rings. The van der Waals surface area contributed by atoms with Crippen LogP contribution < -0.4 is 9.47 Å². The summed E-state index contributed by atoms with van der Waals surface area (Å²) >= 11 is 1.64. The standard InChI is InChI=1S/C26H23F3O4S/c1-16-10-21-19(11-25(30)31)15-34-24(21)12-23(16)33-14-18-4-2-3-5-22(18)32-13-17-6-8-20(9-7-17)26(27,28)29/h2-10,12,19H,11,13-15H2,1H3,(H,30,31). The highest BCUT2D eigenvalue weighted by molar-refractivity contribution is 7.99. The van der Waals surface area contributed by atoms with Gasteiger partial charge in [-0.05, 0) is 47.9 Å². The van der Waals surface area contributed by atoms with E-state index in [0.717, 1.165) is 45.2 Å². The molecular weight excluding hydrogens is 465 g/mol. The molecule has 8 heteroatoms. The number of carbonyl (C=O) groups is 1. The van der Waals surface area contributed by atoms with E-state index in [-0.39, 0.29) is 25.6 Å². The summed E-state index contributed by atoms with van der Waals surface area (Å²) in [7, 11) is 0. The monoisotopic (exact) mass is 488 g/mol. The number of thioether (sulfide) groups is 1. The van der Waals surface area contributed by atoms with Crippen LogP contribution in [0.25, 0.3) is 0 Å². The molecule has 0 saturated carbocycles. The summed E-state index contributed by atoms with van der Waals surface area (Å²) in [6.07, 6.45) is -4.25. The SMILES string of the molecule is Cc1cc2c(cc1OCc1ccccc1OCc1ccc(C(F)(F)F)cc1)SCC2CC(=O)O. The molecule has 3 aromatic carbocycles. The van der Waals surface area contributed by atoms with Gasteiger partial charge in [-0.1, -0.05) is 36.4 Å². The predicted molar refractivity (Wildman–Crippen MR) is 123 cm³/mol. The summed E-state index contributed by atoms with van der Waals surface area (Å²) < 4.78 is 50.2. The van der Waals surface area contributed by atoms with Crippen LogP contribution in [0.3, 0.4) is 0 Å². The first-order chi connectivity index (χ1) is 16.2. The smallest absolute Gasteiger partial charge is 0.416 e. The van der Waals surface area contributed by atoms with Crippen molar-refractivity contribution >= 4 is 17.7 Å². The van der Waals surface area contributed by atoms with Crippen molar-refractivity contribution in [3.05, 3.63) is 88.5 Å². The first kappa shape index (κ1) is 24.0. The zero-order valence-electron chi connectivity index (χ0n) is 18.4. The molecule has 1 N–H and O–H groups in total. The van der Waals surface area contributed by atoms with Gasteiger partial charge in [0.2, 0.25) is 0 Å². The Morgan fingerprint density at radius 1 is 1.03 bits per heavy atom. The Hall–Kier alpha value is -3.13. The number of ether oxygens (including phenoxy) is 2. The highest BCUT2D eigenvalue weighted by Crippen LogP contribution is 2.44. The van der Waals surface area contributed by atoms with Crippen molar-refractivity contribution in [1.82, 2.24) is 0 Å². The summed E-state index contributed by atoms with van der Waals surface area (Å²) in [5, 5.41) is 9.13. The van der Waals surface area contributed by atoms with Crippen LogP contribution in [0.4, 0.5) is 13.2 Å². The maximum atomic E-state index is 12.7. The minimum atomic E-state index is -4.37. The maximum absolute atomic E-state index is 12.7. The molecule has 1 aliphatic rings. The van der Waals surface area contributed by atoms with Gasteiger partial charge < -0.3 is 14.6 Å². The van der Waals surface area contributed by atoms with Crippen LogP contribution in [0, 0.1) is 6.92 Å². The second-order valence-corrected chi connectivity index (χ2v) is 9.20. The lowest BCUT2D eigenvalue weighted by Gasteiger charge is -2.15. The molecule has 1 heterocycles. The van der Waals surface area contributed by atoms with E-state index >= 15 is 0 Å². The first-order valence-electron chi connectivity index (χ1n) is 10.7. The topological polar surface area (TPSA) is 55.8 Å². The number of hydrogen-bond donors (Lipinski definition) is 1. The van der Waals surface area contributed by atoms with Crippen LogP contribution in [-0.4, -0.2) is 16.8 Å². The van der Waals surface area contributed by atoms with Crippen LogP contribution in [0.1, 0.15) is 40.2 Å². The molecule has 1 unspecified atom stereocenters. The van der Waals surface area contributed by atoms with E-state index < -0.39 is 17.7 Å². The van der Waals surface area contributed by atoms with E-state index in [2.05, 4.69) is 0 Å². The highest BCUT2D eigenvalue weighted by atomic mass is 32.2. The van der Waals surface area contributed by atoms with Crippen molar-refractivity contribution in [2.45, 2.75) is 43.5 Å². The molecule has 34 heavy (non-hydrogen) atoms. The van der Waals surface area contributed by atoms with Gasteiger partial charge in [-0.2, -0.15) is 13.2 Å². The lowest BCUT2D eigenvalue weighted by molar-refractivity contribution is -0.138. The summed E-state index contributed by atoms with van der Waals surface area (Å²) in [4.78, 5) is 12.2. The van der Waals surface area contributed by atoms with E-state index in [4.69, 9.17) is 14.6 Å². The normalized spacial score (nSPS) is 15.1. The average molecular weight is 489 g/mol. The third kappa shape index (κ3) is 5.67. The van der Waals surface area contributed by atoms with Crippen molar-refractivity contribution in [2.75, 3.05) is 5.75 Å². The summed E-state index contributed by atoms with van der Waals surface area (Å²) in [6.45, 7) is 2.32. The number of halogens is 3. The second-order valence-electron chi connectivity index (χ2n) is 8.14. The highest BCUT2D eigenvalue weighted by Gasteiger charge is 2.30. The lowest BCUT2D eigenvalue weighted by atomic mass is 9.96. The fraction of sp³-hybridized carbons (Fsp3) is 0.269. The van der Waals surface area contributed by atoms with Crippen LogP contribution in [0.5, 0.6) is 11.5 Å². The van der Waals surface area contributed by atoms with Crippen molar-refractivity contribution in [3.8, 4) is 11.5 Å². The fourth-order valence-electron chi connectivity index (χ4n) is 3.82. The van der Waals surface area contributed by atoms with Crippen LogP contribution in [0.15, 0.2) is 65.6 Å². The average Bonchev–Trinajstić information content (AvgIpc) is 3.17. The third-order valence-corrected chi connectivity index (χ3v) is 6.87. The van der Waals surface area contributed by atoms with Crippen LogP contribution in [0.2, 0.25) is 0 Å². The van der Waals surface area contributed by atoms with Gasteiger partial charge in [0, 0.05) is 22.1 Å². The van der Waals surface area contributed by atoms with Gasteiger partial charge in [0.1, 0.15) is 24.7 Å². The van der Waals surface area contributed by atoms with E-state index in [0.29, 0.717) is 11.3 Å². The zero-order chi connectivity index (χ0) is 24.3. The molecule has 1 atom stereocenters. The Balaban J connectivity index is 1.42. The van der Waals surface area contributed by atoms with Gasteiger partial charge in [0.15, 0.2) is 0 Å². The first-order valence-corrected chi connectivity index (χ1v) is 11.7. The molecule has 0 bridgehead atoms. The molecule has 0 fully saturated rings. The molecule has 0 aromatic heterocycles. The third-order valence-electron chi connectivity index (χ3n) is 5.64. The number of benzene rings is 3. The molecular formula is C26H23F3O4S. The summed E-state index contributed by atoms with van der Waals surface area (Å²) in [5.74, 6) is 1.26. The second kappa shape index (κ2) is 10.0. The molecule has 0 saturated heterocycles. The van der Waals surface area contributed by atoms with E-state index in [9.17, 15) is 18.0 Å². The Morgan fingerprint density at radius 3 is 2.44 bits per heavy atom. The van der Waals surface area contributed by atoms with Crippen molar-refractivity contribution < 1.29 is 32.5 Å². The molecule has 0 spiro atoms. The van der Waals surface area contributed by atoms with Gasteiger partial charge in [-0.15, -0.1) is 11.8 Å². The molecule has 0 aliphatic carbocycles. The maximum Gasteiger partial charge on any atom is 0.416 e. The van der Waals surface area contributed by atoms with Gasteiger partial charge in [0.05, 0.1) is 12.0 Å². The minimum Gasteiger partial charge on any atom is -0.488 e. The predicted octanol–water partition coefficient (Wildman–Crippen LogP) is 6.84. The van der Waals surface area contributed by atoms with Crippen LogP contribution >= 0.6 is 11.8 Å². The fourth-order valence-corrected chi connectivity index (χ4v) is 5.08. The van der Waals surface area contributed by atoms with E-state index in [1.165, 1.54) is 12.1 Å². The number of para-hydroxylation sites is 1. The summed E-state index contributed by atoms with van der Waals surface area (Å²) in [5.41, 5.74) is 2.73. The van der Waals surface area contributed by atoms with Gasteiger partial charge >= 0.3 is 12.1 Å². The number of aliphatic carboxylic acids is 1. The molecule has 178 valence electrons. The number of carboxylic acid groups (broad SMARTS) is 1. The number of carboxylic acids is 1. The van der Waals surface area contributed by atoms with E-state index in [1.54, 1.807) is 17.8 Å². The van der Waals surface area contributed by atoms with Crippen molar-refractivity contribution in [3.63, 3.8) is 0 Å². The van der Waals surface area contributed by atoms with Crippen molar-refractivity contribution in [1.29, 1.82) is 0 Å². The van der Waals surface area contributed by atoms with Crippen LogP contribution in [-0.2, 0) is 24.2 Å². The molecule has 0 amide bonds. The van der Waals surface area contributed by atoms with Gasteiger partial charge in [-0.25, -0.2) is 0 Å². The number of aryl methyl sites for hydroxylation is 1. The quantitative estimate of drug-likeness (QED) is 0.376. The Labute approximate surface area is 199 Å². The lowest BCUT2D eigenvalue weighted by Crippen LogP contribution is -2.06.